The van der Waals surface area contributed by atoms with Gasteiger partial charge in [0.15, 0.2) is 12.3 Å². The van der Waals surface area contributed by atoms with Crippen LogP contribution in [0.3, 0.4) is 0 Å². The lowest BCUT2D eigenvalue weighted by Gasteiger charge is -2.15. The third kappa shape index (κ3) is 2.20. The van der Waals surface area contributed by atoms with Gasteiger partial charge in [-0.25, -0.2) is 0 Å². The number of hydrogen-bond acceptors (Lipinski definition) is 3. The van der Waals surface area contributed by atoms with Gasteiger partial charge in [-0.2, -0.15) is 13.0 Å². The molecule has 1 heterocycles. The van der Waals surface area contributed by atoms with Crippen molar-refractivity contribution in [3.05, 3.63) is 23.8 Å². The molecule has 0 atom stereocenters. The molecular formula is C13H18NO4S+. The van der Waals surface area contributed by atoms with E-state index in [2.05, 4.69) is 0 Å². The van der Waals surface area contributed by atoms with Crippen molar-refractivity contribution in [2.75, 3.05) is 13.2 Å². The standard InChI is InChI=1S/C13H17NO4S/c1-9-13(2,3)11-8-10(19(16,17)18)4-5-12(11)14(9)6-7-15/h4-5,8,15H,6-7H2,1-3H3/p+1. The minimum absolute atomic E-state index is 0.0207. The SMILES string of the molecule is CC1=[N+](CCO)c2ccc(S(=O)(=O)O)cc2C1(C)C. The van der Waals surface area contributed by atoms with E-state index < -0.39 is 10.1 Å². The molecule has 5 nitrogen and oxygen atoms in total. The van der Waals surface area contributed by atoms with Gasteiger partial charge < -0.3 is 5.11 Å². The van der Waals surface area contributed by atoms with Crippen molar-refractivity contribution in [2.24, 2.45) is 0 Å². The Morgan fingerprint density at radius 3 is 2.47 bits per heavy atom. The number of rotatable bonds is 3. The van der Waals surface area contributed by atoms with Crippen LogP contribution in [0.4, 0.5) is 5.69 Å². The van der Waals surface area contributed by atoms with Gasteiger partial charge in [-0.15, -0.1) is 0 Å². The quantitative estimate of drug-likeness (QED) is 0.648. The predicted molar refractivity (Wildman–Crippen MR) is 71.8 cm³/mol. The van der Waals surface area contributed by atoms with Gasteiger partial charge in [0.2, 0.25) is 5.69 Å². The Balaban J connectivity index is 2.66. The van der Waals surface area contributed by atoms with Crippen molar-refractivity contribution in [1.82, 2.24) is 0 Å². The Morgan fingerprint density at radius 2 is 1.95 bits per heavy atom. The van der Waals surface area contributed by atoms with Crippen molar-refractivity contribution in [3.8, 4) is 0 Å². The maximum atomic E-state index is 11.2. The second kappa shape index (κ2) is 4.40. The zero-order valence-electron chi connectivity index (χ0n) is 11.2. The van der Waals surface area contributed by atoms with E-state index in [4.69, 9.17) is 9.66 Å². The van der Waals surface area contributed by atoms with Gasteiger partial charge in [0.05, 0.1) is 10.3 Å². The molecule has 0 fully saturated rings. The number of aliphatic hydroxyl groups excluding tert-OH is 1. The number of benzene rings is 1. The zero-order valence-corrected chi connectivity index (χ0v) is 12.0. The largest absolute Gasteiger partial charge is 0.390 e. The van der Waals surface area contributed by atoms with E-state index in [1.54, 1.807) is 6.07 Å². The summed E-state index contributed by atoms with van der Waals surface area (Å²) in [7, 11) is -4.20. The molecule has 2 N–H and O–H groups in total. The van der Waals surface area contributed by atoms with Crippen LogP contribution in [0.2, 0.25) is 0 Å². The predicted octanol–water partition coefficient (Wildman–Crippen LogP) is 1.32. The second-order valence-electron chi connectivity index (χ2n) is 5.24. The van der Waals surface area contributed by atoms with Crippen LogP contribution in [-0.2, 0) is 15.5 Å². The molecule has 1 aliphatic heterocycles. The van der Waals surface area contributed by atoms with Crippen molar-refractivity contribution in [3.63, 3.8) is 0 Å². The van der Waals surface area contributed by atoms with Crippen LogP contribution >= 0.6 is 0 Å². The summed E-state index contributed by atoms with van der Waals surface area (Å²) in [5.41, 5.74) is 2.44. The Labute approximate surface area is 113 Å². The van der Waals surface area contributed by atoms with Crippen LogP contribution < -0.4 is 0 Å². The summed E-state index contributed by atoms with van der Waals surface area (Å²) in [6.07, 6.45) is 0. The van der Waals surface area contributed by atoms with Gasteiger partial charge in [-0.1, -0.05) is 0 Å². The van der Waals surface area contributed by atoms with Gasteiger partial charge in [-0.3, -0.25) is 4.55 Å². The summed E-state index contributed by atoms with van der Waals surface area (Å²) in [5.74, 6) is 0. The second-order valence-corrected chi connectivity index (χ2v) is 6.66. The number of β-amino-alcohol motifs (C(OH)–C–C–N with tert-alkyl or cyclic N) is 1. The topological polar surface area (TPSA) is 77.6 Å². The molecule has 0 amide bonds. The van der Waals surface area contributed by atoms with Crippen molar-refractivity contribution in [2.45, 2.75) is 31.1 Å². The maximum Gasteiger partial charge on any atom is 0.294 e. The van der Waals surface area contributed by atoms with Crippen LogP contribution in [0, 0.1) is 0 Å². The summed E-state index contributed by atoms with van der Waals surface area (Å²) in [6, 6.07) is 4.56. The van der Waals surface area contributed by atoms with E-state index in [0.717, 1.165) is 17.0 Å². The molecule has 1 aromatic rings. The van der Waals surface area contributed by atoms with E-state index in [1.807, 2.05) is 25.3 Å². The van der Waals surface area contributed by atoms with Gasteiger partial charge in [-0.05, 0) is 26.0 Å². The Bertz CT molecular complexity index is 659. The molecule has 1 aliphatic rings. The summed E-state index contributed by atoms with van der Waals surface area (Å²) in [5, 5.41) is 9.13. The van der Waals surface area contributed by atoms with E-state index in [0.29, 0.717) is 6.54 Å². The first-order valence-electron chi connectivity index (χ1n) is 6.04. The molecule has 1 aromatic carbocycles. The highest BCUT2D eigenvalue weighted by molar-refractivity contribution is 7.85. The van der Waals surface area contributed by atoms with Crippen molar-refractivity contribution >= 4 is 21.5 Å². The van der Waals surface area contributed by atoms with Crippen molar-refractivity contribution in [1.29, 1.82) is 0 Å². The van der Waals surface area contributed by atoms with E-state index >= 15 is 0 Å². The molecular weight excluding hydrogens is 266 g/mol. The minimum Gasteiger partial charge on any atom is -0.390 e. The maximum absolute atomic E-state index is 11.2. The van der Waals surface area contributed by atoms with Gasteiger partial charge in [0.25, 0.3) is 10.1 Å². The average molecular weight is 284 g/mol. The normalized spacial score (nSPS) is 17.7. The lowest BCUT2D eigenvalue weighted by Crippen LogP contribution is -2.27. The van der Waals surface area contributed by atoms with Crippen molar-refractivity contribution < 1.29 is 22.7 Å². The van der Waals surface area contributed by atoms with Crippen LogP contribution in [-0.4, -0.2) is 41.5 Å². The molecule has 0 aliphatic carbocycles. The van der Waals surface area contributed by atoms with E-state index in [9.17, 15) is 8.42 Å². The van der Waals surface area contributed by atoms with E-state index in [1.165, 1.54) is 12.1 Å². The van der Waals surface area contributed by atoms with Crippen LogP contribution in [0.15, 0.2) is 23.1 Å². The molecule has 0 bridgehead atoms. The Kier molecular flexibility index (Phi) is 3.28. The molecule has 104 valence electrons. The van der Waals surface area contributed by atoms with Gasteiger partial charge in [0, 0.05) is 18.6 Å². The summed E-state index contributed by atoms with van der Waals surface area (Å²) in [4.78, 5) is -0.0991. The van der Waals surface area contributed by atoms with E-state index in [-0.39, 0.29) is 16.9 Å². The number of nitrogens with zero attached hydrogens (tertiary/aromatic N) is 1. The highest BCUT2D eigenvalue weighted by atomic mass is 32.2. The first-order chi connectivity index (χ1) is 8.69. The Morgan fingerprint density at radius 1 is 1.32 bits per heavy atom. The molecule has 0 spiro atoms. The molecule has 0 aromatic heterocycles. The van der Waals surface area contributed by atoms with Crippen LogP contribution in [0.5, 0.6) is 0 Å². The van der Waals surface area contributed by atoms with Gasteiger partial charge >= 0.3 is 0 Å². The first kappa shape index (κ1) is 14.2. The number of hydrogen-bond donors (Lipinski definition) is 2. The first-order valence-corrected chi connectivity index (χ1v) is 7.48. The summed E-state index contributed by atoms with van der Waals surface area (Å²) < 4.78 is 33.6. The number of fused-ring (bicyclic) bond motifs is 1. The van der Waals surface area contributed by atoms with Crippen LogP contribution in [0.25, 0.3) is 0 Å². The lowest BCUT2D eigenvalue weighted by atomic mass is 9.82. The molecule has 0 saturated carbocycles. The average Bonchev–Trinajstić information content (AvgIpc) is 2.50. The molecule has 0 unspecified atom stereocenters. The highest BCUT2D eigenvalue weighted by Gasteiger charge is 2.43. The molecule has 0 saturated heterocycles. The molecule has 6 heteroatoms. The third-order valence-corrected chi connectivity index (χ3v) is 4.71. The monoisotopic (exact) mass is 284 g/mol. The fourth-order valence-corrected chi connectivity index (χ4v) is 3.02. The minimum atomic E-state index is -4.20. The Hall–Kier alpha value is -1.24. The zero-order chi connectivity index (χ0) is 14.4. The third-order valence-electron chi connectivity index (χ3n) is 3.86. The summed E-state index contributed by atoms with van der Waals surface area (Å²) >= 11 is 0. The van der Waals surface area contributed by atoms with Crippen LogP contribution in [0.1, 0.15) is 26.3 Å². The highest BCUT2D eigenvalue weighted by Crippen LogP contribution is 2.40. The number of aliphatic hydroxyl groups is 1. The fraction of sp³-hybridized carbons (Fsp3) is 0.462. The van der Waals surface area contributed by atoms with Gasteiger partial charge in [0.1, 0.15) is 6.61 Å². The lowest BCUT2D eigenvalue weighted by molar-refractivity contribution is -0.442. The molecule has 0 radical (unpaired) electrons. The molecule has 2 rings (SSSR count). The fourth-order valence-electron chi connectivity index (χ4n) is 2.51. The molecule has 19 heavy (non-hydrogen) atoms. The smallest absolute Gasteiger partial charge is 0.294 e. The summed E-state index contributed by atoms with van der Waals surface area (Å²) in [6.45, 7) is 6.43.